The van der Waals surface area contributed by atoms with Gasteiger partial charge in [0.25, 0.3) is 0 Å². The predicted octanol–water partition coefficient (Wildman–Crippen LogP) is 3.04. The summed E-state index contributed by atoms with van der Waals surface area (Å²) in [5.41, 5.74) is 5.87. The first kappa shape index (κ1) is 12.1. The van der Waals surface area contributed by atoms with Crippen LogP contribution in [-0.2, 0) is 4.79 Å². The molecule has 0 aliphatic heterocycles. The third-order valence-corrected chi connectivity index (χ3v) is 4.54. The largest absolute Gasteiger partial charge is 0.319 e. The molecule has 92 valence electrons. The Bertz CT molecular complexity index is 255. The maximum absolute atomic E-state index is 12.5. The number of carbonyl (C=O) groups is 1. The summed E-state index contributed by atoms with van der Waals surface area (Å²) in [6.07, 6.45) is 10.1. The zero-order valence-electron chi connectivity index (χ0n) is 10.5. The summed E-state index contributed by atoms with van der Waals surface area (Å²) >= 11 is 0. The van der Waals surface area contributed by atoms with Crippen LogP contribution < -0.4 is 5.73 Å². The van der Waals surface area contributed by atoms with Gasteiger partial charge in [-0.3, -0.25) is 4.79 Å². The van der Waals surface area contributed by atoms with Crippen molar-refractivity contribution in [2.24, 2.45) is 17.6 Å². The van der Waals surface area contributed by atoms with Crippen LogP contribution in [0.4, 0.5) is 0 Å². The molecule has 2 nitrogen and oxygen atoms in total. The number of hydrogen-bond donors (Lipinski definition) is 1. The van der Waals surface area contributed by atoms with E-state index < -0.39 is 5.54 Å². The van der Waals surface area contributed by atoms with Crippen molar-refractivity contribution in [1.29, 1.82) is 0 Å². The van der Waals surface area contributed by atoms with Crippen LogP contribution in [0.2, 0.25) is 0 Å². The van der Waals surface area contributed by atoms with Crippen LogP contribution in [0.1, 0.15) is 64.7 Å². The zero-order valence-corrected chi connectivity index (χ0v) is 10.5. The Morgan fingerprint density at radius 1 is 1.12 bits per heavy atom. The molecule has 2 aliphatic carbocycles. The van der Waals surface area contributed by atoms with E-state index in [1.54, 1.807) is 0 Å². The van der Waals surface area contributed by atoms with Crippen LogP contribution >= 0.6 is 0 Å². The fourth-order valence-corrected chi connectivity index (χ4v) is 3.51. The first-order valence-electron chi connectivity index (χ1n) is 6.95. The molecule has 0 aromatic heterocycles. The number of nitrogens with two attached hydrogens (primary N) is 1. The molecule has 2 fully saturated rings. The standard InChI is InChI=1S/C14H25NO/c1-11-6-5-7-12(10-11)13(16)14(15)8-3-2-4-9-14/h11-12H,2-10,15H2,1H3. The summed E-state index contributed by atoms with van der Waals surface area (Å²) in [6, 6.07) is 0. The average Bonchev–Trinajstić information content (AvgIpc) is 2.29. The van der Waals surface area contributed by atoms with Crippen LogP contribution in [0.5, 0.6) is 0 Å². The molecule has 0 saturated heterocycles. The van der Waals surface area contributed by atoms with Crippen molar-refractivity contribution in [3.05, 3.63) is 0 Å². The average molecular weight is 223 g/mol. The van der Waals surface area contributed by atoms with Crippen LogP contribution in [0.25, 0.3) is 0 Å². The number of rotatable bonds is 2. The molecule has 0 aromatic rings. The van der Waals surface area contributed by atoms with Crippen LogP contribution in [0.3, 0.4) is 0 Å². The van der Waals surface area contributed by atoms with E-state index in [0.29, 0.717) is 5.78 Å². The summed E-state index contributed by atoms with van der Waals surface area (Å²) < 4.78 is 0. The Morgan fingerprint density at radius 2 is 1.81 bits per heavy atom. The van der Waals surface area contributed by atoms with E-state index >= 15 is 0 Å². The number of Topliss-reactive ketones (excluding diaryl/α,β-unsaturated/α-hetero) is 1. The molecular weight excluding hydrogens is 198 g/mol. The highest BCUT2D eigenvalue weighted by Crippen LogP contribution is 2.35. The molecule has 2 aliphatic rings. The van der Waals surface area contributed by atoms with E-state index in [1.165, 1.54) is 19.3 Å². The van der Waals surface area contributed by atoms with E-state index in [9.17, 15) is 4.79 Å². The lowest BCUT2D eigenvalue weighted by atomic mass is 9.70. The Morgan fingerprint density at radius 3 is 2.44 bits per heavy atom. The highest BCUT2D eigenvalue weighted by Gasteiger charge is 2.40. The second-order valence-electron chi connectivity index (χ2n) is 6.05. The van der Waals surface area contributed by atoms with Crippen molar-refractivity contribution in [3.8, 4) is 0 Å². The van der Waals surface area contributed by atoms with Gasteiger partial charge in [0.2, 0.25) is 0 Å². The lowest BCUT2D eigenvalue weighted by Crippen LogP contribution is -2.52. The minimum absolute atomic E-state index is 0.270. The van der Waals surface area contributed by atoms with E-state index in [1.807, 2.05) is 0 Å². The third-order valence-electron chi connectivity index (χ3n) is 4.54. The second kappa shape index (κ2) is 4.87. The molecule has 2 saturated carbocycles. The van der Waals surface area contributed by atoms with Gasteiger partial charge in [0.1, 0.15) is 0 Å². The predicted molar refractivity (Wildman–Crippen MR) is 66.1 cm³/mol. The molecule has 16 heavy (non-hydrogen) atoms. The maximum atomic E-state index is 12.5. The van der Waals surface area contributed by atoms with Crippen molar-refractivity contribution in [3.63, 3.8) is 0 Å². The molecule has 0 amide bonds. The smallest absolute Gasteiger partial charge is 0.155 e. The number of hydrogen-bond acceptors (Lipinski definition) is 2. The summed E-state index contributed by atoms with van der Waals surface area (Å²) in [5, 5.41) is 0. The molecule has 0 radical (unpaired) electrons. The number of carbonyl (C=O) groups excluding carboxylic acids is 1. The van der Waals surface area contributed by atoms with Gasteiger partial charge in [-0.15, -0.1) is 0 Å². The summed E-state index contributed by atoms with van der Waals surface area (Å²) in [5.74, 6) is 1.38. The Labute approximate surface area is 99.0 Å². The van der Waals surface area contributed by atoms with Gasteiger partial charge in [-0.1, -0.05) is 39.0 Å². The fraction of sp³-hybridized carbons (Fsp3) is 0.929. The quantitative estimate of drug-likeness (QED) is 0.782. The topological polar surface area (TPSA) is 43.1 Å². The monoisotopic (exact) mass is 223 g/mol. The SMILES string of the molecule is CC1CCCC(C(=O)C2(N)CCCCC2)C1. The van der Waals surface area contributed by atoms with Gasteiger partial charge >= 0.3 is 0 Å². The van der Waals surface area contributed by atoms with Crippen molar-refractivity contribution in [2.45, 2.75) is 70.3 Å². The van der Waals surface area contributed by atoms with Gasteiger partial charge in [-0.05, 0) is 31.6 Å². The Balaban J connectivity index is 1.99. The van der Waals surface area contributed by atoms with Gasteiger partial charge in [0, 0.05) is 5.92 Å². The van der Waals surface area contributed by atoms with Crippen molar-refractivity contribution >= 4 is 5.78 Å². The molecule has 2 unspecified atom stereocenters. The van der Waals surface area contributed by atoms with Gasteiger partial charge in [0.05, 0.1) is 5.54 Å². The molecule has 2 rings (SSSR count). The van der Waals surface area contributed by atoms with Crippen molar-refractivity contribution < 1.29 is 4.79 Å². The van der Waals surface area contributed by atoms with E-state index in [-0.39, 0.29) is 5.92 Å². The minimum atomic E-state index is -0.458. The second-order valence-corrected chi connectivity index (χ2v) is 6.05. The normalized spacial score (nSPS) is 34.6. The maximum Gasteiger partial charge on any atom is 0.155 e. The first-order chi connectivity index (χ1) is 7.62. The molecule has 2 atom stereocenters. The zero-order chi connectivity index (χ0) is 11.6. The molecule has 0 aromatic carbocycles. The fourth-order valence-electron chi connectivity index (χ4n) is 3.51. The van der Waals surface area contributed by atoms with Gasteiger partial charge < -0.3 is 5.73 Å². The lowest BCUT2D eigenvalue weighted by molar-refractivity contribution is -0.130. The highest BCUT2D eigenvalue weighted by molar-refractivity contribution is 5.90. The Hall–Kier alpha value is -0.370. The highest BCUT2D eigenvalue weighted by atomic mass is 16.1. The molecule has 0 spiro atoms. The summed E-state index contributed by atoms with van der Waals surface area (Å²) in [4.78, 5) is 12.5. The Kier molecular flexibility index (Phi) is 3.68. The van der Waals surface area contributed by atoms with Crippen molar-refractivity contribution in [2.75, 3.05) is 0 Å². The van der Waals surface area contributed by atoms with Crippen LogP contribution in [0.15, 0.2) is 0 Å². The van der Waals surface area contributed by atoms with Gasteiger partial charge in [-0.25, -0.2) is 0 Å². The molecule has 2 heteroatoms. The molecule has 2 N–H and O–H groups in total. The summed E-state index contributed by atoms with van der Waals surface area (Å²) in [7, 11) is 0. The minimum Gasteiger partial charge on any atom is -0.319 e. The van der Waals surface area contributed by atoms with E-state index in [4.69, 9.17) is 5.73 Å². The summed E-state index contributed by atoms with van der Waals surface area (Å²) in [6.45, 7) is 2.27. The van der Waals surface area contributed by atoms with Gasteiger partial charge in [0.15, 0.2) is 5.78 Å². The van der Waals surface area contributed by atoms with Gasteiger partial charge in [-0.2, -0.15) is 0 Å². The molecule has 0 heterocycles. The van der Waals surface area contributed by atoms with Crippen molar-refractivity contribution in [1.82, 2.24) is 0 Å². The first-order valence-corrected chi connectivity index (χ1v) is 6.95. The number of ketones is 1. The van der Waals surface area contributed by atoms with E-state index in [0.717, 1.165) is 44.4 Å². The molecular formula is C14H25NO. The molecule has 0 bridgehead atoms. The van der Waals surface area contributed by atoms with Crippen LogP contribution in [-0.4, -0.2) is 11.3 Å². The van der Waals surface area contributed by atoms with E-state index in [2.05, 4.69) is 6.92 Å². The third kappa shape index (κ3) is 2.48. The van der Waals surface area contributed by atoms with Crippen LogP contribution in [0, 0.1) is 11.8 Å². The lowest BCUT2D eigenvalue weighted by Gasteiger charge is -2.37.